The van der Waals surface area contributed by atoms with Gasteiger partial charge in [0.05, 0.1) is 25.5 Å². The first-order valence-corrected chi connectivity index (χ1v) is 11.6. The Hall–Kier alpha value is -2.67. The zero-order valence-corrected chi connectivity index (χ0v) is 18.6. The van der Waals surface area contributed by atoms with Crippen molar-refractivity contribution in [1.29, 1.82) is 0 Å². The number of nitrogens with zero attached hydrogens (tertiary/aromatic N) is 1. The lowest BCUT2D eigenvalue weighted by Crippen LogP contribution is -2.21. The molecule has 0 bridgehead atoms. The third-order valence-corrected chi connectivity index (χ3v) is 6.59. The van der Waals surface area contributed by atoms with Gasteiger partial charge in [-0.25, -0.2) is 4.98 Å². The van der Waals surface area contributed by atoms with E-state index < -0.39 is 0 Å². The maximum atomic E-state index is 5.62. The number of thiophene rings is 1. The van der Waals surface area contributed by atoms with Gasteiger partial charge < -0.3 is 9.47 Å². The Labute approximate surface area is 185 Å². The van der Waals surface area contributed by atoms with E-state index in [4.69, 9.17) is 14.5 Å². The smallest absolute Gasteiger partial charge is 0.161 e. The Balaban J connectivity index is 1.50. The number of hydrogen-bond acceptors (Lipinski definition) is 6. The van der Waals surface area contributed by atoms with E-state index in [2.05, 4.69) is 52.5 Å². The third kappa shape index (κ3) is 4.73. The summed E-state index contributed by atoms with van der Waals surface area (Å²) in [6, 6.07) is 20.9. The highest BCUT2D eigenvalue weighted by atomic mass is 32.1. The first-order chi connectivity index (χ1) is 14.8. The molecule has 4 nitrogen and oxygen atoms in total. The minimum Gasteiger partial charge on any atom is -0.493 e. The Bertz CT molecular complexity index is 1060. The van der Waals surface area contributed by atoms with Gasteiger partial charge in [-0.3, -0.25) is 5.32 Å². The summed E-state index contributed by atoms with van der Waals surface area (Å²) in [7, 11) is 1.66. The fraction of sp³-hybridized carbons (Fsp3) is 0.208. The van der Waals surface area contributed by atoms with Crippen molar-refractivity contribution in [3.05, 3.63) is 87.6 Å². The van der Waals surface area contributed by atoms with Crippen molar-refractivity contribution < 1.29 is 9.47 Å². The quantitative estimate of drug-likeness (QED) is 0.341. The molecule has 6 heteroatoms. The molecule has 0 spiro atoms. The van der Waals surface area contributed by atoms with Crippen LogP contribution in [0.3, 0.4) is 0 Å². The molecule has 0 saturated heterocycles. The van der Waals surface area contributed by atoms with Crippen molar-refractivity contribution >= 4 is 22.7 Å². The highest BCUT2D eigenvalue weighted by Gasteiger charge is 2.16. The molecular weight excluding hydrogens is 412 g/mol. The zero-order valence-electron chi connectivity index (χ0n) is 17.0. The van der Waals surface area contributed by atoms with Gasteiger partial charge >= 0.3 is 0 Å². The molecule has 0 saturated carbocycles. The van der Waals surface area contributed by atoms with E-state index in [9.17, 15) is 0 Å². The fourth-order valence-corrected chi connectivity index (χ4v) is 4.93. The molecule has 30 heavy (non-hydrogen) atoms. The number of thiazole rings is 1. The lowest BCUT2D eigenvalue weighted by molar-refractivity contribution is 0.311. The molecule has 1 N–H and O–H groups in total. The Morgan fingerprint density at radius 2 is 1.87 bits per heavy atom. The van der Waals surface area contributed by atoms with Crippen LogP contribution >= 0.6 is 22.7 Å². The fourth-order valence-electron chi connectivity index (χ4n) is 3.29. The standard InChI is InChI=1S/C24H24N2O2S2/c1-3-28-20-12-11-18(14-21(20)27-2)24-26-19(16-30-24)15-25-23(22-10-7-13-29-22)17-8-5-4-6-9-17/h4-14,16,23,25H,3,15H2,1-2H3/t23-/m1/s1. The van der Waals surface area contributed by atoms with E-state index >= 15 is 0 Å². The molecule has 2 aromatic heterocycles. The van der Waals surface area contributed by atoms with Crippen molar-refractivity contribution in [3.8, 4) is 22.1 Å². The minimum absolute atomic E-state index is 0.155. The molecule has 0 unspecified atom stereocenters. The summed E-state index contributed by atoms with van der Waals surface area (Å²) in [6.45, 7) is 3.27. The van der Waals surface area contributed by atoms with E-state index in [1.807, 2.05) is 31.2 Å². The molecule has 4 rings (SSSR count). The van der Waals surface area contributed by atoms with E-state index in [-0.39, 0.29) is 6.04 Å². The Morgan fingerprint density at radius 1 is 1.00 bits per heavy atom. The number of methoxy groups -OCH3 is 1. The molecule has 2 heterocycles. The first-order valence-electron chi connectivity index (χ1n) is 9.86. The monoisotopic (exact) mass is 436 g/mol. The first kappa shape index (κ1) is 20.6. The van der Waals surface area contributed by atoms with Gasteiger partial charge in [0.15, 0.2) is 11.5 Å². The molecule has 2 aromatic carbocycles. The number of rotatable bonds is 9. The molecular formula is C24H24N2O2S2. The van der Waals surface area contributed by atoms with Gasteiger partial charge in [0.1, 0.15) is 5.01 Å². The second-order valence-corrected chi connectivity index (χ2v) is 8.52. The number of aromatic nitrogens is 1. The van der Waals surface area contributed by atoms with Gasteiger partial charge in [-0.1, -0.05) is 36.4 Å². The molecule has 1 atom stereocenters. The molecule has 0 aliphatic heterocycles. The van der Waals surface area contributed by atoms with E-state index in [0.717, 1.165) is 27.8 Å². The molecule has 0 aliphatic carbocycles. The van der Waals surface area contributed by atoms with Crippen LogP contribution in [-0.4, -0.2) is 18.7 Å². The van der Waals surface area contributed by atoms with Crippen LogP contribution < -0.4 is 14.8 Å². The molecule has 4 aromatic rings. The van der Waals surface area contributed by atoms with Crippen LogP contribution in [-0.2, 0) is 6.54 Å². The largest absolute Gasteiger partial charge is 0.493 e. The number of ether oxygens (including phenoxy) is 2. The topological polar surface area (TPSA) is 43.4 Å². The van der Waals surface area contributed by atoms with Gasteiger partial charge in [0, 0.05) is 22.4 Å². The highest BCUT2D eigenvalue weighted by Crippen LogP contribution is 2.34. The normalized spacial score (nSPS) is 11.9. The number of hydrogen-bond donors (Lipinski definition) is 1. The maximum Gasteiger partial charge on any atom is 0.161 e. The van der Waals surface area contributed by atoms with Crippen LogP contribution in [0.25, 0.3) is 10.6 Å². The molecule has 0 radical (unpaired) electrons. The second-order valence-electron chi connectivity index (χ2n) is 6.68. The van der Waals surface area contributed by atoms with Gasteiger partial charge in [0.2, 0.25) is 0 Å². The summed E-state index contributed by atoms with van der Waals surface area (Å²) in [4.78, 5) is 6.14. The second kappa shape index (κ2) is 9.89. The average Bonchev–Trinajstić information content (AvgIpc) is 3.48. The van der Waals surface area contributed by atoms with Crippen molar-refractivity contribution in [1.82, 2.24) is 10.3 Å². The van der Waals surface area contributed by atoms with Crippen LogP contribution in [0.4, 0.5) is 0 Å². The summed E-state index contributed by atoms with van der Waals surface area (Å²) < 4.78 is 11.1. The highest BCUT2D eigenvalue weighted by molar-refractivity contribution is 7.13. The van der Waals surface area contributed by atoms with Crippen LogP contribution in [0.1, 0.15) is 29.1 Å². The van der Waals surface area contributed by atoms with Crippen molar-refractivity contribution in [2.24, 2.45) is 0 Å². The maximum absolute atomic E-state index is 5.62. The van der Waals surface area contributed by atoms with E-state index in [1.54, 1.807) is 29.8 Å². The van der Waals surface area contributed by atoms with Gasteiger partial charge in [-0.05, 0) is 42.1 Å². The minimum atomic E-state index is 0.155. The lowest BCUT2D eigenvalue weighted by atomic mass is 10.1. The molecule has 0 fully saturated rings. The Morgan fingerprint density at radius 3 is 2.60 bits per heavy atom. The summed E-state index contributed by atoms with van der Waals surface area (Å²) in [5, 5.41) is 8.88. The third-order valence-electron chi connectivity index (χ3n) is 4.71. The summed E-state index contributed by atoms with van der Waals surface area (Å²) in [6.07, 6.45) is 0. The van der Waals surface area contributed by atoms with Crippen LogP contribution in [0.5, 0.6) is 11.5 Å². The van der Waals surface area contributed by atoms with Crippen molar-refractivity contribution in [2.75, 3.05) is 13.7 Å². The van der Waals surface area contributed by atoms with Crippen molar-refractivity contribution in [2.45, 2.75) is 19.5 Å². The predicted molar refractivity (Wildman–Crippen MR) is 125 cm³/mol. The molecule has 0 aliphatic rings. The number of benzene rings is 2. The predicted octanol–water partition coefficient (Wildman–Crippen LogP) is 6.16. The average molecular weight is 437 g/mol. The van der Waals surface area contributed by atoms with Gasteiger partial charge in [0.25, 0.3) is 0 Å². The molecule has 0 amide bonds. The summed E-state index contributed by atoms with van der Waals surface area (Å²) >= 11 is 3.41. The van der Waals surface area contributed by atoms with Crippen LogP contribution in [0.2, 0.25) is 0 Å². The summed E-state index contributed by atoms with van der Waals surface area (Å²) in [5.74, 6) is 1.48. The van der Waals surface area contributed by atoms with Crippen molar-refractivity contribution in [3.63, 3.8) is 0 Å². The van der Waals surface area contributed by atoms with Gasteiger partial charge in [-0.15, -0.1) is 22.7 Å². The number of nitrogens with one attached hydrogen (secondary N) is 1. The van der Waals surface area contributed by atoms with Crippen LogP contribution in [0, 0.1) is 0 Å². The van der Waals surface area contributed by atoms with Gasteiger partial charge in [-0.2, -0.15) is 0 Å². The molecule has 154 valence electrons. The zero-order chi connectivity index (χ0) is 20.8. The summed E-state index contributed by atoms with van der Waals surface area (Å²) in [5.41, 5.74) is 3.32. The van der Waals surface area contributed by atoms with Crippen LogP contribution in [0.15, 0.2) is 71.4 Å². The lowest BCUT2D eigenvalue weighted by Gasteiger charge is -2.17. The SMILES string of the molecule is CCOc1ccc(-c2nc(CN[C@H](c3ccccc3)c3cccs3)cs2)cc1OC. The Kier molecular flexibility index (Phi) is 6.79. The van der Waals surface area contributed by atoms with E-state index in [1.165, 1.54) is 10.4 Å². The van der Waals surface area contributed by atoms with E-state index in [0.29, 0.717) is 13.2 Å².